The molecule has 1 saturated heterocycles. The summed E-state index contributed by atoms with van der Waals surface area (Å²) in [6.45, 7) is 0. The van der Waals surface area contributed by atoms with Gasteiger partial charge in [0, 0.05) is 17.4 Å². The molecule has 1 aromatic carbocycles. The predicted octanol–water partition coefficient (Wildman–Crippen LogP) is 2.84. The zero-order valence-electron chi connectivity index (χ0n) is 8.98. The highest BCUT2D eigenvalue weighted by molar-refractivity contribution is 8.00. The Bertz CT molecular complexity index is 457. The van der Waals surface area contributed by atoms with Gasteiger partial charge in [0.25, 0.3) is 0 Å². The Hall–Kier alpha value is -1.05. The highest BCUT2D eigenvalue weighted by atomic mass is 32.2. The van der Waals surface area contributed by atoms with E-state index in [1.54, 1.807) is 6.08 Å². The van der Waals surface area contributed by atoms with Gasteiger partial charge in [-0.25, -0.2) is 4.79 Å². The predicted molar refractivity (Wildman–Crippen MR) is 65.5 cm³/mol. The fourth-order valence-corrected chi connectivity index (χ4v) is 3.04. The van der Waals surface area contributed by atoms with Crippen LogP contribution in [0, 0.1) is 0 Å². The summed E-state index contributed by atoms with van der Waals surface area (Å²) in [4.78, 5) is 14.4. The summed E-state index contributed by atoms with van der Waals surface area (Å²) in [6.07, 6.45) is 3.70. The molecule has 16 heavy (non-hydrogen) atoms. The van der Waals surface area contributed by atoms with Crippen molar-refractivity contribution in [1.29, 1.82) is 0 Å². The van der Waals surface area contributed by atoms with Gasteiger partial charge in [0.2, 0.25) is 6.08 Å². The van der Waals surface area contributed by atoms with Crippen LogP contribution in [0.4, 0.5) is 0 Å². The van der Waals surface area contributed by atoms with Crippen molar-refractivity contribution in [3.63, 3.8) is 0 Å². The van der Waals surface area contributed by atoms with E-state index in [0.29, 0.717) is 5.92 Å². The van der Waals surface area contributed by atoms with E-state index in [4.69, 9.17) is 0 Å². The van der Waals surface area contributed by atoms with Crippen molar-refractivity contribution in [2.24, 2.45) is 4.99 Å². The average Bonchev–Trinajstić information content (AvgIpc) is 2.97. The lowest BCUT2D eigenvalue weighted by atomic mass is 9.96. The van der Waals surface area contributed by atoms with Crippen LogP contribution in [-0.2, 0) is 10.3 Å². The van der Waals surface area contributed by atoms with E-state index in [1.165, 1.54) is 22.6 Å². The lowest BCUT2D eigenvalue weighted by Gasteiger charge is -2.26. The number of hydrogen-bond donors (Lipinski definition) is 0. The minimum Gasteiger partial charge on any atom is -0.211 e. The number of hydrogen-bond acceptors (Lipinski definition) is 3. The Kier molecular flexibility index (Phi) is 2.38. The van der Waals surface area contributed by atoms with E-state index >= 15 is 0 Å². The molecule has 2 aliphatic rings. The lowest BCUT2D eigenvalue weighted by Crippen LogP contribution is -2.16. The summed E-state index contributed by atoms with van der Waals surface area (Å²) in [5.41, 5.74) is 2.39. The number of carbonyl (C=O) groups excluding carboxylic acids is 1. The second kappa shape index (κ2) is 3.76. The molecular formula is C13H13NOS. The highest BCUT2D eigenvalue weighted by Crippen LogP contribution is 2.49. The van der Waals surface area contributed by atoms with E-state index in [-0.39, 0.29) is 5.54 Å². The maximum atomic E-state index is 10.4. The first-order chi connectivity index (χ1) is 7.84. The minimum atomic E-state index is -0.214. The third-order valence-corrected chi connectivity index (χ3v) is 4.79. The first-order valence-electron chi connectivity index (χ1n) is 5.61. The van der Waals surface area contributed by atoms with Crippen molar-refractivity contribution >= 4 is 17.8 Å². The molecule has 3 rings (SSSR count). The van der Waals surface area contributed by atoms with E-state index in [1.807, 2.05) is 11.8 Å². The molecular weight excluding hydrogens is 218 g/mol. The number of isocyanates is 1. The third kappa shape index (κ3) is 1.60. The average molecular weight is 231 g/mol. The van der Waals surface area contributed by atoms with Gasteiger partial charge in [0.15, 0.2) is 0 Å². The molecule has 1 aliphatic heterocycles. The second-order valence-corrected chi connectivity index (χ2v) is 5.67. The van der Waals surface area contributed by atoms with Crippen molar-refractivity contribution in [3.8, 4) is 0 Å². The zero-order chi connectivity index (χ0) is 11.0. The molecule has 1 saturated carbocycles. The summed E-state index contributed by atoms with van der Waals surface area (Å²) in [7, 11) is 0. The second-order valence-electron chi connectivity index (χ2n) is 4.59. The monoisotopic (exact) mass is 231 g/mol. The first kappa shape index (κ1) is 10.1. The van der Waals surface area contributed by atoms with Gasteiger partial charge in [0.05, 0.1) is 5.54 Å². The van der Waals surface area contributed by atoms with Crippen molar-refractivity contribution in [3.05, 3.63) is 35.4 Å². The Morgan fingerprint density at radius 1 is 1.38 bits per heavy atom. The number of thioether (sulfide) groups is 1. The van der Waals surface area contributed by atoms with Gasteiger partial charge in [0.1, 0.15) is 0 Å². The van der Waals surface area contributed by atoms with E-state index in [2.05, 4.69) is 29.3 Å². The van der Waals surface area contributed by atoms with Gasteiger partial charge in [-0.2, -0.15) is 16.8 Å². The summed E-state index contributed by atoms with van der Waals surface area (Å²) in [5.74, 6) is 3.17. The highest BCUT2D eigenvalue weighted by Gasteiger charge is 2.45. The van der Waals surface area contributed by atoms with Gasteiger partial charge >= 0.3 is 0 Å². The number of aliphatic imine (C=N–C) groups is 1. The summed E-state index contributed by atoms with van der Waals surface area (Å²) in [5, 5.41) is 0. The molecule has 0 radical (unpaired) electrons. The van der Waals surface area contributed by atoms with Crippen molar-refractivity contribution in [1.82, 2.24) is 0 Å². The number of benzene rings is 1. The topological polar surface area (TPSA) is 29.4 Å². The van der Waals surface area contributed by atoms with Gasteiger partial charge in [-0.3, -0.25) is 0 Å². The van der Waals surface area contributed by atoms with Gasteiger partial charge < -0.3 is 0 Å². The Morgan fingerprint density at radius 2 is 2.19 bits per heavy atom. The van der Waals surface area contributed by atoms with Gasteiger partial charge in [-0.15, -0.1) is 0 Å². The zero-order valence-corrected chi connectivity index (χ0v) is 9.80. The standard InChI is InChI=1S/C13H13NOS/c15-9-14-13(4-5-13)12-3-1-2-10(6-12)11-7-16-8-11/h1-3,6,11H,4-5,7-8H2. The van der Waals surface area contributed by atoms with Gasteiger partial charge in [-0.05, 0) is 24.0 Å². The molecule has 1 heterocycles. The number of nitrogens with zero attached hydrogens (tertiary/aromatic N) is 1. The van der Waals surface area contributed by atoms with Crippen LogP contribution in [0.5, 0.6) is 0 Å². The van der Waals surface area contributed by atoms with Gasteiger partial charge in [-0.1, -0.05) is 24.3 Å². The fourth-order valence-electron chi connectivity index (χ4n) is 2.18. The SMILES string of the molecule is O=C=NC1(c2cccc(C3CSC3)c2)CC1. The molecule has 1 aromatic rings. The Morgan fingerprint density at radius 3 is 2.75 bits per heavy atom. The summed E-state index contributed by atoms with van der Waals surface area (Å²) < 4.78 is 0. The van der Waals surface area contributed by atoms with Crippen LogP contribution >= 0.6 is 11.8 Å². The van der Waals surface area contributed by atoms with Crippen LogP contribution in [0.25, 0.3) is 0 Å². The molecule has 0 aromatic heterocycles. The van der Waals surface area contributed by atoms with Crippen LogP contribution in [0.2, 0.25) is 0 Å². The summed E-state index contributed by atoms with van der Waals surface area (Å²) >= 11 is 1.99. The van der Waals surface area contributed by atoms with Crippen molar-refractivity contribution in [2.45, 2.75) is 24.3 Å². The van der Waals surface area contributed by atoms with Crippen LogP contribution in [-0.4, -0.2) is 17.6 Å². The van der Waals surface area contributed by atoms with Crippen molar-refractivity contribution in [2.75, 3.05) is 11.5 Å². The smallest absolute Gasteiger partial charge is 0.211 e. The molecule has 0 unspecified atom stereocenters. The normalized spacial score (nSPS) is 22.0. The maximum absolute atomic E-state index is 10.4. The Labute approximate surface area is 99.2 Å². The maximum Gasteiger partial charge on any atom is 0.235 e. The first-order valence-corrected chi connectivity index (χ1v) is 6.77. The minimum absolute atomic E-state index is 0.214. The van der Waals surface area contributed by atoms with E-state index in [9.17, 15) is 4.79 Å². The van der Waals surface area contributed by atoms with E-state index in [0.717, 1.165) is 12.8 Å². The third-order valence-electron chi connectivity index (χ3n) is 3.52. The molecule has 82 valence electrons. The molecule has 0 amide bonds. The van der Waals surface area contributed by atoms with Crippen LogP contribution in [0.1, 0.15) is 29.9 Å². The molecule has 0 spiro atoms. The largest absolute Gasteiger partial charge is 0.235 e. The lowest BCUT2D eigenvalue weighted by molar-refractivity contribution is 0.556. The van der Waals surface area contributed by atoms with Crippen LogP contribution in [0.15, 0.2) is 29.3 Å². The molecule has 0 atom stereocenters. The van der Waals surface area contributed by atoms with Crippen LogP contribution < -0.4 is 0 Å². The summed E-state index contributed by atoms with van der Waals surface area (Å²) in [6, 6.07) is 8.60. The van der Waals surface area contributed by atoms with Crippen molar-refractivity contribution < 1.29 is 4.79 Å². The number of rotatable bonds is 3. The Balaban J connectivity index is 1.92. The fraction of sp³-hybridized carbons (Fsp3) is 0.462. The van der Waals surface area contributed by atoms with E-state index < -0.39 is 0 Å². The molecule has 0 bridgehead atoms. The molecule has 3 heteroatoms. The molecule has 1 aliphatic carbocycles. The van der Waals surface area contributed by atoms with Crippen LogP contribution in [0.3, 0.4) is 0 Å². The quantitative estimate of drug-likeness (QED) is 0.591. The molecule has 2 fully saturated rings. The molecule has 0 N–H and O–H groups in total. The molecule has 2 nitrogen and oxygen atoms in total.